The molecule has 2 fully saturated rings. The maximum absolute atomic E-state index is 12.8. The van der Waals surface area contributed by atoms with Crippen LogP contribution in [0.2, 0.25) is 0 Å². The Morgan fingerprint density at radius 2 is 1.85 bits per heavy atom. The molecule has 142 valence electrons. The lowest BCUT2D eigenvalue weighted by molar-refractivity contribution is -0.138. The molecule has 0 spiro atoms. The van der Waals surface area contributed by atoms with Crippen LogP contribution in [0.1, 0.15) is 30.1 Å². The summed E-state index contributed by atoms with van der Waals surface area (Å²) in [6.45, 7) is 5.18. The summed E-state index contributed by atoms with van der Waals surface area (Å²) in [5.41, 5.74) is 0.515. The Morgan fingerprint density at radius 3 is 2.50 bits per heavy atom. The SMILES string of the molecule is CCOC(=O)N1CCN(C(=O)C2CCCN(C(=O)c3ccoc3)C2)CC1. The highest BCUT2D eigenvalue weighted by Crippen LogP contribution is 2.21. The maximum Gasteiger partial charge on any atom is 0.409 e. The number of piperidine rings is 1. The first-order valence-corrected chi connectivity index (χ1v) is 9.12. The highest BCUT2D eigenvalue weighted by molar-refractivity contribution is 5.94. The summed E-state index contributed by atoms with van der Waals surface area (Å²) < 4.78 is 9.98. The molecule has 26 heavy (non-hydrogen) atoms. The van der Waals surface area contributed by atoms with E-state index in [4.69, 9.17) is 9.15 Å². The van der Waals surface area contributed by atoms with Crippen LogP contribution in [0.15, 0.2) is 23.0 Å². The summed E-state index contributed by atoms with van der Waals surface area (Å²) in [5.74, 6) is -0.213. The molecule has 1 aromatic rings. The van der Waals surface area contributed by atoms with Crippen LogP contribution in [-0.4, -0.2) is 78.5 Å². The van der Waals surface area contributed by atoms with E-state index in [1.165, 1.54) is 12.5 Å². The Hall–Kier alpha value is -2.51. The van der Waals surface area contributed by atoms with Gasteiger partial charge in [-0.25, -0.2) is 4.79 Å². The van der Waals surface area contributed by atoms with Gasteiger partial charge in [-0.1, -0.05) is 0 Å². The number of carbonyl (C=O) groups excluding carboxylic acids is 3. The van der Waals surface area contributed by atoms with Crippen LogP contribution in [-0.2, 0) is 9.53 Å². The van der Waals surface area contributed by atoms with Crippen molar-refractivity contribution in [2.24, 2.45) is 5.92 Å². The van der Waals surface area contributed by atoms with Crippen LogP contribution in [0, 0.1) is 5.92 Å². The molecule has 3 rings (SSSR count). The molecular formula is C18H25N3O5. The zero-order valence-electron chi connectivity index (χ0n) is 15.1. The molecule has 1 atom stereocenters. The number of ether oxygens (including phenoxy) is 1. The third kappa shape index (κ3) is 4.00. The lowest BCUT2D eigenvalue weighted by Gasteiger charge is -2.38. The molecule has 2 aliphatic heterocycles. The number of furan rings is 1. The molecule has 8 nitrogen and oxygen atoms in total. The van der Waals surface area contributed by atoms with Crippen molar-refractivity contribution in [2.45, 2.75) is 19.8 Å². The second kappa shape index (κ2) is 8.25. The third-order valence-corrected chi connectivity index (χ3v) is 4.94. The quantitative estimate of drug-likeness (QED) is 0.811. The second-order valence-electron chi connectivity index (χ2n) is 6.61. The molecule has 3 heterocycles. The lowest BCUT2D eigenvalue weighted by atomic mass is 9.95. The highest BCUT2D eigenvalue weighted by atomic mass is 16.6. The molecule has 1 unspecified atom stereocenters. The van der Waals surface area contributed by atoms with Gasteiger partial charge in [0.15, 0.2) is 0 Å². The van der Waals surface area contributed by atoms with Crippen molar-refractivity contribution in [3.8, 4) is 0 Å². The fourth-order valence-corrected chi connectivity index (χ4v) is 3.51. The molecule has 0 saturated carbocycles. The van der Waals surface area contributed by atoms with Crippen LogP contribution in [0.25, 0.3) is 0 Å². The molecule has 0 N–H and O–H groups in total. The molecule has 8 heteroatoms. The summed E-state index contributed by atoms with van der Waals surface area (Å²) in [6.07, 6.45) is 4.18. The van der Waals surface area contributed by atoms with E-state index in [1.807, 2.05) is 0 Å². The predicted molar refractivity (Wildman–Crippen MR) is 92.5 cm³/mol. The van der Waals surface area contributed by atoms with E-state index in [9.17, 15) is 14.4 Å². The highest BCUT2D eigenvalue weighted by Gasteiger charge is 2.33. The summed E-state index contributed by atoms with van der Waals surface area (Å²) in [5, 5.41) is 0. The smallest absolute Gasteiger partial charge is 0.409 e. The number of hydrogen-bond donors (Lipinski definition) is 0. The Kier molecular flexibility index (Phi) is 5.80. The number of hydrogen-bond acceptors (Lipinski definition) is 5. The van der Waals surface area contributed by atoms with Gasteiger partial charge in [0.05, 0.1) is 24.4 Å². The Morgan fingerprint density at radius 1 is 1.12 bits per heavy atom. The number of amides is 3. The lowest BCUT2D eigenvalue weighted by Crippen LogP contribution is -2.54. The molecule has 1 aromatic heterocycles. The normalized spacial score (nSPS) is 20.8. The summed E-state index contributed by atoms with van der Waals surface area (Å²) in [7, 11) is 0. The summed E-state index contributed by atoms with van der Waals surface area (Å²) in [4.78, 5) is 42.2. The largest absolute Gasteiger partial charge is 0.472 e. The molecule has 3 amide bonds. The van der Waals surface area contributed by atoms with Crippen molar-refractivity contribution in [2.75, 3.05) is 45.9 Å². The molecule has 0 radical (unpaired) electrons. The van der Waals surface area contributed by atoms with Gasteiger partial charge in [0.2, 0.25) is 5.91 Å². The van der Waals surface area contributed by atoms with Crippen molar-refractivity contribution in [3.63, 3.8) is 0 Å². The molecule has 0 bridgehead atoms. The van der Waals surface area contributed by atoms with Crippen LogP contribution < -0.4 is 0 Å². The minimum atomic E-state index is -0.325. The minimum Gasteiger partial charge on any atom is -0.472 e. The maximum atomic E-state index is 12.8. The van der Waals surface area contributed by atoms with E-state index < -0.39 is 0 Å². The summed E-state index contributed by atoms with van der Waals surface area (Å²) in [6, 6.07) is 1.64. The fourth-order valence-electron chi connectivity index (χ4n) is 3.51. The molecule has 0 aliphatic carbocycles. The number of rotatable bonds is 3. The first kappa shape index (κ1) is 18.3. The second-order valence-corrected chi connectivity index (χ2v) is 6.61. The Labute approximate surface area is 152 Å². The number of piperazine rings is 1. The zero-order chi connectivity index (χ0) is 18.5. The van der Waals surface area contributed by atoms with Gasteiger partial charge in [0.25, 0.3) is 5.91 Å². The van der Waals surface area contributed by atoms with Gasteiger partial charge in [0, 0.05) is 39.3 Å². The van der Waals surface area contributed by atoms with E-state index in [1.54, 1.807) is 27.7 Å². The van der Waals surface area contributed by atoms with Crippen LogP contribution in [0.3, 0.4) is 0 Å². The van der Waals surface area contributed by atoms with E-state index in [0.717, 1.165) is 12.8 Å². The molecular weight excluding hydrogens is 338 g/mol. The van der Waals surface area contributed by atoms with Crippen molar-refractivity contribution in [1.29, 1.82) is 0 Å². The van der Waals surface area contributed by atoms with Gasteiger partial charge in [0.1, 0.15) is 6.26 Å². The van der Waals surface area contributed by atoms with Crippen LogP contribution in [0.5, 0.6) is 0 Å². The minimum absolute atomic E-state index is 0.0678. The Balaban J connectivity index is 1.53. The van der Waals surface area contributed by atoms with Crippen molar-refractivity contribution < 1.29 is 23.5 Å². The van der Waals surface area contributed by atoms with Crippen molar-refractivity contribution in [1.82, 2.24) is 14.7 Å². The van der Waals surface area contributed by atoms with Crippen molar-refractivity contribution >= 4 is 17.9 Å². The van der Waals surface area contributed by atoms with E-state index >= 15 is 0 Å². The van der Waals surface area contributed by atoms with E-state index in [-0.39, 0.29) is 23.8 Å². The van der Waals surface area contributed by atoms with Gasteiger partial charge >= 0.3 is 6.09 Å². The van der Waals surface area contributed by atoms with E-state index in [2.05, 4.69) is 0 Å². The number of nitrogens with zero attached hydrogens (tertiary/aromatic N) is 3. The average Bonchev–Trinajstić information content (AvgIpc) is 3.22. The standard InChI is InChI=1S/C18H25N3O5/c1-2-26-18(24)20-9-7-19(8-10-20)16(22)14-4-3-6-21(12-14)17(23)15-5-11-25-13-15/h5,11,13-14H,2-4,6-10,12H2,1H3. The molecule has 2 aliphatic rings. The number of carbonyl (C=O) groups is 3. The molecule has 2 saturated heterocycles. The summed E-state index contributed by atoms with van der Waals surface area (Å²) >= 11 is 0. The van der Waals surface area contributed by atoms with Crippen molar-refractivity contribution in [3.05, 3.63) is 24.2 Å². The van der Waals surface area contributed by atoms with Gasteiger partial charge in [-0.3, -0.25) is 9.59 Å². The molecule has 0 aromatic carbocycles. The first-order valence-electron chi connectivity index (χ1n) is 9.12. The fraction of sp³-hybridized carbons (Fsp3) is 0.611. The third-order valence-electron chi connectivity index (χ3n) is 4.94. The topological polar surface area (TPSA) is 83.3 Å². The monoisotopic (exact) mass is 363 g/mol. The zero-order valence-corrected chi connectivity index (χ0v) is 15.1. The van der Waals surface area contributed by atoms with Gasteiger partial charge in [-0.2, -0.15) is 0 Å². The Bertz CT molecular complexity index is 637. The average molecular weight is 363 g/mol. The van der Waals surface area contributed by atoms with Gasteiger partial charge in [-0.05, 0) is 25.8 Å². The van der Waals surface area contributed by atoms with E-state index in [0.29, 0.717) is 51.4 Å². The predicted octanol–water partition coefficient (Wildman–Crippen LogP) is 1.43. The first-order chi connectivity index (χ1) is 12.6. The van der Waals surface area contributed by atoms with Gasteiger partial charge in [-0.15, -0.1) is 0 Å². The van der Waals surface area contributed by atoms with Gasteiger partial charge < -0.3 is 23.9 Å². The van der Waals surface area contributed by atoms with Crippen LogP contribution in [0.4, 0.5) is 4.79 Å². The number of likely N-dealkylation sites (tertiary alicyclic amines) is 1. The van der Waals surface area contributed by atoms with Crippen LogP contribution >= 0.6 is 0 Å².